The Kier molecular flexibility index (Phi) is 2.91. The Morgan fingerprint density at radius 2 is 1.80 bits per heavy atom. The molecule has 1 heterocycles. The van der Waals surface area contributed by atoms with Gasteiger partial charge in [-0.1, -0.05) is 37.3 Å². The zero-order chi connectivity index (χ0) is 10.7. The predicted molar refractivity (Wildman–Crippen MR) is 64.0 cm³/mol. The molecule has 1 aromatic carbocycles. The van der Waals surface area contributed by atoms with E-state index in [2.05, 4.69) is 67.2 Å². The Bertz CT molecular complexity index is 414. The molecule has 0 bridgehead atoms. The summed E-state index contributed by atoms with van der Waals surface area (Å²) in [7, 11) is 2.10. The van der Waals surface area contributed by atoms with Crippen LogP contribution in [0.1, 0.15) is 24.1 Å². The van der Waals surface area contributed by atoms with Crippen molar-refractivity contribution >= 4 is 0 Å². The molecule has 0 aliphatic heterocycles. The first-order valence-corrected chi connectivity index (χ1v) is 5.42. The molecule has 15 heavy (non-hydrogen) atoms. The number of nitrogens with zero attached hydrogens (tertiary/aromatic N) is 1. The number of benzene rings is 1. The first-order valence-electron chi connectivity index (χ1n) is 5.42. The van der Waals surface area contributed by atoms with E-state index < -0.39 is 0 Å². The van der Waals surface area contributed by atoms with E-state index in [1.807, 2.05) is 0 Å². The van der Waals surface area contributed by atoms with Gasteiger partial charge in [0.15, 0.2) is 0 Å². The van der Waals surface area contributed by atoms with Crippen LogP contribution in [0.15, 0.2) is 48.7 Å². The molecule has 2 aromatic rings. The van der Waals surface area contributed by atoms with Gasteiger partial charge in [0.1, 0.15) is 0 Å². The Labute approximate surface area is 91.4 Å². The highest BCUT2D eigenvalue weighted by Crippen LogP contribution is 2.19. The zero-order valence-corrected chi connectivity index (χ0v) is 9.35. The van der Waals surface area contributed by atoms with Crippen LogP contribution in [0, 0.1) is 0 Å². The van der Waals surface area contributed by atoms with Crippen LogP contribution < -0.4 is 0 Å². The van der Waals surface area contributed by atoms with Gasteiger partial charge in [0.25, 0.3) is 0 Å². The minimum atomic E-state index is 0.583. The van der Waals surface area contributed by atoms with Crippen molar-refractivity contribution < 1.29 is 0 Å². The van der Waals surface area contributed by atoms with Gasteiger partial charge in [-0.3, -0.25) is 0 Å². The van der Waals surface area contributed by atoms with Gasteiger partial charge in [-0.05, 0) is 30.0 Å². The van der Waals surface area contributed by atoms with Gasteiger partial charge in [0.2, 0.25) is 0 Å². The Morgan fingerprint density at radius 3 is 2.40 bits per heavy atom. The van der Waals surface area contributed by atoms with Crippen LogP contribution in [-0.2, 0) is 13.5 Å². The maximum absolute atomic E-state index is 2.28. The van der Waals surface area contributed by atoms with Crippen molar-refractivity contribution in [1.29, 1.82) is 0 Å². The van der Waals surface area contributed by atoms with Gasteiger partial charge in [-0.15, -0.1) is 0 Å². The molecule has 0 spiro atoms. The third-order valence-corrected chi connectivity index (χ3v) is 2.94. The summed E-state index contributed by atoms with van der Waals surface area (Å²) in [5, 5.41) is 0. The second-order valence-corrected chi connectivity index (χ2v) is 4.13. The summed E-state index contributed by atoms with van der Waals surface area (Å²) in [6.45, 7) is 2.28. The van der Waals surface area contributed by atoms with Crippen molar-refractivity contribution in [2.24, 2.45) is 7.05 Å². The van der Waals surface area contributed by atoms with E-state index in [0.717, 1.165) is 6.42 Å². The molecule has 1 atom stereocenters. The highest BCUT2D eigenvalue weighted by atomic mass is 14.9. The van der Waals surface area contributed by atoms with Crippen molar-refractivity contribution in [2.45, 2.75) is 19.3 Å². The number of hydrogen-bond donors (Lipinski definition) is 0. The minimum absolute atomic E-state index is 0.583. The maximum Gasteiger partial charge on any atom is 0.0177 e. The molecule has 0 saturated carbocycles. The predicted octanol–water partition coefficient (Wildman–Crippen LogP) is 3.37. The highest BCUT2D eigenvalue weighted by Gasteiger charge is 2.07. The molecule has 0 aliphatic carbocycles. The lowest BCUT2D eigenvalue weighted by atomic mass is 9.96. The van der Waals surface area contributed by atoms with Crippen molar-refractivity contribution in [1.82, 2.24) is 4.57 Å². The van der Waals surface area contributed by atoms with Gasteiger partial charge < -0.3 is 4.57 Å². The Morgan fingerprint density at radius 1 is 1.07 bits per heavy atom. The standard InChI is InChI=1S/C14H17N/c1-12(13-7-4-3-5-8-13)11-14-9-6-10-15(14)2/h3-10,12H,11H2,1-2H3. The summed E-state index contributed by atoms with van der Waals surface area (Å²) < 4.78 is 2.19. The number of rotatable bonds is 3. The van der Waals surface area contributed by atoms with E-state index in [1.54, 1.807) is 0 Å². The molecule has 0 aliphatic rings. The molecule has 0 N–H and O–H groups in total. The summed E-state index contributed by atoms with van der Waals surface area (Å²) in [5.41, 5.74) is 2.81. The third kappa shape index (κ3) is 2.30. The van der Waals surface area contributed by atoms with Crippen molar-refractivity contribution in [2.75, 3.05) is 0 Å². The molecule has 1 aromatic heterocycles. The lowest BCUT2D eigenvalue weighted by Gasteiger charge is -2.12. The third-order valence-electron chi connectivity index (χ3n) is 2.94. The van der Waals surface area contributed by atoms with Crippen molar-refractivity contribution in [3.8, 4) is 0 Å². The van der Waals surface area contributed by atoms with Crippen LogP contribution in [-0.4, -0.2) is 4.57 Å². The summed E-state index contributed by atoms with van der Waals surface area (Å²) >= 11 is 0. The fraction of sp³-hybridized carbons (Fsp3) is 0.286. The molecule has 78 valence electrons. The Balaban J connectivity index is 2.11. The second-order valence-electron chi connectivity index (χ2n) is 4.13. The van der Waals surface area contributed by atoms with E-state index >= 15 is 0 Å². The van der Waals surface area contributed by atoms with Gasteiger partial charge in [0, 0.05) is 18.9 Å². The molecule has 1 heteroatoms. The molecule has 0 fully saturated rings. The van der Waals surface area contributed by atoms with Gasteiger partial charge in [-0.25, -0.2) is 0 Å². The normalized spacial score (nSPS) is 12.7. The molecule has 2 rings (SSSR count). The van der Waals surface area contributed by atoms with Gasteiger partial charge in [-0.2, -0.15) is 0 Å². The average molecular weight is 199 g/mol. The molecule has 0 amide bonds. The fourth-order valence-electron chi connectivity index (χ4n) is 1.92. The zero-order valence-electron chi connectivity index (χ0n) is 9.35. The topological polar surface area (TPSA) is 4.93 Å². The van der Waals surface area contributed by atoms with Crippen LogP contribution >= 0.6 is 0 Å². The molecular formula is C14H17N. The number of aryl methyl sites for hydroxylation is 1. The van der Waals surface area contributed by atoms with E-state index in [-0.39, 0.29) is 0 Å². The largest absolute Gasteiger partial charge is 0.354 e. The summed E-state index contributed by atoms with van der Waals surface area (Å²) in [6, 6.07) is 15.0. The lowest BCUT2D eigenvalue weighted by Crippen LogP contribution is -2.02. The van der Waals surface area contributed by atoms with Crippen molar-refractivity contribution in [3.05, 3.63) is 59.9 Å². The molecular weight excluding hydrogens is 182 g/mol. The monoisotopic (exact) mass is 199 g/mol. The highest BCUT2D eigenvalue weighted by molar-refractivity contribution is 5.21. The fourth-order valence-corrected chi connectivity index (χ4v) is 1.92. The second kappa shape index (κ2) is 4.35. The summed E-state index contributed by atoms with van der Waals surface area (Å²) in [5.74, 6) is 0.583. The van der Waals surface area contributed by atoms with Gasteiger partial charge in [0.05, 0.1) is 0 Å². The van der Waals surface area contributed by atoms with Crippen LogP contribution in [0.5, 0.6) is 0 Å². The van der Waals surface area contributed by atoms with Gasteiger partial charge >= 0.3 is 0 Å². The maximum atomic E-state index is 2.28. The quantitative estimate of drug-likeness (QED) is 0.714. The van der Waals surface area contributed by atoms with E-state index in [0.29, 0.717) is 5.92 Å². The number of aromatic nitrogens is 1. The lowest BCUT2D eigenvalue weighted by molar-refractivity contribution is 0.703. The van der Waals surface area contributed by atoms with Crippen LogP contribution in [0.25, 0.3) is 0 Å². The summed E-state index contributed by atoms with van der Waals surface area (Å²) in [6.07, 6.45) is 3.21. The first-order chi connectivity index (χ1) is 7.27. The van der Waals surface area contributed by atoms with E-state index in [1.165, 1.54) is 11.3 Å². The smallest absolute Gasteiger partial charge is 0.0177 e. The molecule has 1 nitrogen and oxygen atoms in total. The summed E-state index contributed by atoms with van der Waals surface area (Å²) in [4.78, 5) is 0. The molecule has 0 radical (unpaired) electrons. The molecule has 0 saturated heterocycles. The van der Waals surface area contributed by atoms with Crippen LogP contribution in [0.2, 0.25) is 0 Å². The molecule has 1 unspecified atom stereocenters. The van der Waals surface area contributed by atoms with Crippen LogP contribution in [0.3, 0.4) is 0 Å². The number of hydrogen-bond acceptors (Lipinski definition) is 0. The van der Waals surface area contributed by atoms with E-state index in [4.69, 9.17) is 0 Å². The SMILES string of the molecule is CC(Cc1cccn1C)c1ccccc1. The van der Waals surface area contributed by atoms with Crippen LogP contribution in [0.4, 0.5) is 0 Å². The first kappa shape index (κ1) is 10.0. The average Bonchev–Trinajstić information content (AvgIpc) is 2.66. The van der Waals surface area contributed by atoms with E-state index in [9.17, 15) is 0 Å². The Hall–Kier alpha value is -1.50. The minimum Gasteiger partial charge on any atom is -0.354 e. The van der Waals surface area contributed by atoms with Crippen molar-refractivity contribution in [3.63, 3.8) is 0 Å².